The van der Waals surface area contributed by atoms with Crippen molar-refractivity contribution in [1.82, 2.24) is 14.6 Å². The smallest absolute Gasteiger partial charge is 0.277 e. The highest BCUT2D eigenvalue weighted by atomic mass is 16.1. The molecule has 0 unspecified atom stereocenters. The van der Waals surface area contributed by atoms with E-state index in [0.717, 1.165) is 40.7 Å². The second-order valence-corrected chi connectivity index (χ2v) is 6.82. The van der Waals surface area contributed by atoms with Gasteiger partial charge in [-0.05, 0) is 54.3 Å². The summed E-state index contributed by atoms with van der Waals surface area (Å²) in [6, 6.07) is 16.1. The number of fused-ring (bicyclic) bond motifs is 2. The lowest BCUT2D eigenvalue weighted by molar-refractivity contribution is 0.692. The van der Waals surface area contributed by atoms with E-state index in [-0.39, 0.29) is 5.56 Å². The molecular formula is C22H18N4O. The number of nitrogens with zero attached hydrogens (tertiary/aromatic N) is 4. The van der Waals surface area contributed by atoms with Crippen LogP contribution in [-0.2, 0) is 6.42 Å². The maximum atomic E-state index is 13.4. The molecular weight excluding hydrogens is 336 g/mol. The summed E-state index contributed by atoms with van der Waals surface area (Å²) in [5, 5.41) is 2.99. The van der Waals surface area contributed by atoms with Crippen LogP contribution in [0.3, 0.4) is 0 Å². The monoisotopic (exact) mass is 354 g/mol. The minimum absolute atomic E-state index is 0.0112. The average molecular weight is 354 g/mol. The van der Waals surface area contributed by atoms with E-state index in [1.807, 2.05) is 49.5 Å². The normalized spacial score (nSPS) is 13.1. The Morgan fingerprint density at radius 3 is 2.89 bits per heavy atom. The summed E-state index contributed by atoms with van der Waals surface area (Å²) in [5.74, 6) is 0. The molecule has 27 heavy (non-hydrogen) atoms. The van der Waals surface area contributed by atoms with Gasteiger partial charge in [0.2, 0.25) is 0 Å². The third kappa shape index (κ3) is 2.51. The number of benzene rings is 2. The molecule has 0 radical (unpaired) electrons. The fraction of sp³-hybridized carbons (Fsp3) is 0.136. The molecule has 0 aliphatic carbocycles. The Hall–Kier alpha value is -3.47. The van der Waals surface area contributed by atoms with Gasteiger partial charge in [0.1, 0.15) is 6.33 Å². The highest BCUT2D eigenvalue weighted by molar-refractivity contribution is 5.84. The van der Waals surface area contributed by atoms with Gasteiger partial charge < -0.3 is 0 Å². The lowest BCUT2D eigenvalue weighted by Gasteiger charge is -2.23. The van der Waals surface area contributed by atoms with Crippen molar-refractivity contribution in [1.29, 1.82) is 0 Å². The molecule has 2 aromatic heterocycles. The second-order valence-electron chi connectivity index (χ2n) is 6.82. The van der Waals surface area contributed by atoms with Gasteiger partial charge in [0, 0.05) is 24.3 Å². The van der Waals surface area contributed by atoms with Crippen LogP contribution in [0.1, 0.15) is 11.1 Å². The van der Waals surface area contributed by atoms with Crippen molar-refractivity contribution in [2.75, 3.05) is 11.6 Å². The van der Waals surface area contributed by atoms with Crippen LogP contribution in [0, 0.1) is 6.92 Å². The van der Waals surface area contributed by atoms with E-state index in [2.05, 4.69) is 27.1 Å². The van der Waals surface area contributed by atoms with Gasteiger partial charge in [0.15, 0.2) is 0 Å². The molecule has 0 amide bonds. The SMILES string of the molecule is Cc1ccn(N2CCc3ccccc32)c(=O)c1-c1ccc2ncncc2c1. The van der Waals surface area contributed by atoms with Crippen LogP contribution < -0.4 is 10.6 Å². The largest absolute Gasteiger partial charge is 0.278 e. The van der Waals surface area contributed by atoms with Crippen LogP contribution in [0.25, 0.3) is 22.0 Å². The minimum atomic E-state index is -0.0112. The van der Waals surface area contributed by atoms with Crippen molar-refractivity contribution < 1.29 is 0 Å². The summed E-state index contributed by atoms with van der Waals surface area (Å²) in [6.07, 6.45) is 6.12. The number of rotatable bonds is 2. The molecule has 1 aliphatic rings. The quantitative estimate of drug-likeness (QED) is 0.552. The molecule has 0 bridgehead atoms. The summed E-state index contributed by atoms with van der Waals surface area (Å²) < 4.78 is 1.74. The van der Waals surface area contributed by atoms with E-state index in [4.69, 9.17) is 0 Å². The van der Waals surface area contributed by atoms with E-state index >= 15 is 0 Å². The molecule has 1 aliphatic heterocycles. The molecule has 3 heterocycles. The predicted octanol–water partition coefficient (Wildman–Crippen LogP) is 3.59. The zero-order valence-electron chi connectivity index (χ0n) is 15.0. The van der Waals surface area contributed by atoms with E-state index in [1.54, 1.807) is 10.9 Å². The number of hydrogen-bond donors (Lipinski definition) is 0. The third-order valence-corrected chi connectivity index (χ3v) is 5.20. The van der Waals surface area contributed by atoms with Gasteiger partial charge in [-0.1, -0.05) is 24.3 Å². The predicted molar refractivity (Wildman–Crippen MR) is 107 cm³/mol. The first kappa shape index (κ1) is 15.8. The fourth-order valence-corrected chi connectivity index (χ4v) is 3.84. The Kier molecular flexibility index (Phi) is 3.53. The van der Waals surface area contributed by atoms with Crippen molar-refractivity contribution in [3.8, 4) is 11.1 Å². The molecule has 0 N–H and O–H groups in total. The van der Waals surface area contributed by atoms with Gasteiger partial charge in [-0.15, -0.1) is 0 Å². The molecule has 5 nitrogen and oxygen atoms in total. The maximum absolute atomic E-state index is 13.4. The molecule has 0 saturated heterocycles. The highest BCUT2D eigenvalue weighted by Crippen LogP contribution is 2.28. The Morgan fingerprint density at radius 1 is 1.07 bits per heavy atom. The highest BCUT2D eigenvalue weighted by Gasteiger charge is 2.22. The van der Waals surface area contributed by atoms with Crippen molar-refractivity contribution >= 4 is 16.6 Å². The molecule has 4 aromatic rings. The van der Waals surface area contributed by atoms with Crippen LogP contribution in [0.5, 0.6) is 0 Å². The van der Waals surface area contributed by atoms with Crippen LogP contribution in [0.2, 0.25) is 0 Å². The van der Waals surface area contributed by atoms with Crippen molar-refractivity contribution in [2.45, 2.75) is 13.3 Å². The summed E-state index contributed by atoms with van der Waals surface area (Å²) in [4.78, 5) is 21.8. The first-order chi connectivity index (χ1) is 13.2. The molecule has 0 atom stereocenters. The van der Waals surface area contributed by atoms with E-state index in [9.17, 15) is 4.79 Å². The van der Waals surface area contributed by atoms with Gasteiger partial charge in [0.05, 0.1) is 16.8 Å². The van der Waals surface area contributed by atoms with E-state index in [0.29, 0.717) is 5.56 Å². The van der Waals surface area contributed by atoms with Gasteiger partial charge in [-0.3, -0.25) is 9.80 Å². The van der Waals surface area contributed by atoms with E-state index in [1.165, 1.54) is 11.9 Å². The molecule has 5 heteroatoms. The number of para-hydroxylation sites is 1. The fourth-order valence-electron chi connectivity index (χ4n) is 3.84. The van der Waals surface area contributed by atoms with Crippen LogP contribution in [0.15, 0.2) is 72.0 Å². The average Bonchev–Trinajstić information content (AvgIpc) is 3.12. The number of anilines is 1. The second kappa shape index (κ2) is 6.06. The first-order valence-electron chi connectivity index (χ1n) is 9.00. The summed E-state index contributed by atoms with van der Waals surface area (Å²) in [6.45, 7) is 2.78. The molecule has 2 aromatic carbocycles. The Balaban J connectivity index is 1.68. The number of aromatic nitrogens is 3. The summed E-state index contributed by atoms with van der Waals surface area (Å²) >= 11 is 0. The summed E-state index contributed by atoms with van der Waals surface area (Å²) in [7, 11) is 0. The van der Waals surface area contributed by atoms with Crippen molar-refractivity contribution in [3.63, 3.8) is 0 Å². The van der Waals surface area contributed by atoms with Crippen LogP contribution >= 0.6 is 0 Å². The van der Waals surface area contributed by atoms with Gasteiger partial charge in [-0.2, -0.15) is 0 Å². The van der Waals surface area contributed by atoms with Crippen molar-refractivity contribution in [2.24, 2.45) is 0 Å². The lowest BCUT2D eigenvalue weighted by Crippen LogP contribution is -2.37. The van der Waals surface area contributed by atoms with Gasteiger partial charge in [-0.25, -0.2) is 14.6 Å². The maximum Gasteiger partial charge on any atom is 0.277 e. The zero-order chi connectivity index (χ0) is 18.4. The Bertz CT molecular complexity index is 1230. The Labute approximate surface area is 156 Å². The number of hydrogen-bond acceptors (Lipinski definition) is 4. The van der Waals surface area contributed by atoms with Crippen molar-refractivity contribution in [3.05, 3.63) is 88.7 Å². The first-order valence-corrected chi connectivity index (χ1v) is 9.00. The Morgan fingerprint density at radius 2 is 1.96 bits per heavy atom. The summed E-state index contributed by atoms with van der Waals surface area (Å²) in [5.41, 5.74) is 5.80. The molecule has 5 rings (SSSR count). The topological polar surface area (TPSA) is 51.0 Å². The van der Waals surface area contributed by atoms with Gasteiger partial charge in [0.25, 0.3) is 5.56 Å². The number of aryl methyl sites for hydroxylation is 1. The molecule has 132 valence electrons. The minimum Gasteiger partial charge on any atom is -0.278 e. The lowest BCUT2D eigenvalue weighted by atomic mass is 10.0. The zero-order valence-corrected chi connectivity index (χ0v) is 15.0. The third-order valence-electron chi connectivity index (χ3n) is 5.20. The molecule has 0 saturated carbocycles. The van der Waals surface area contributed by atoms with E-state index < -0.39 is 0 Å². The molecule has 0 fully saturated rings. The number of pyridine rings is 1. The molecule has 0 spiro atoms. The standard InChI is InChI=1S/C22H18N4O/c1-15-8-10-26(25-11-9-16-4-2-3-5-20(16)25)22(27)21(15)17-6-7-19-18(12-17)13-23-14-24-19/h2-8,10,12-14H,9,11H2,1H3. The van der Waals surface area contributed by atoms with Gasteiger partial charge >= 0.3 is 0 Å². The van der Waals surface area contributed by atoms with Crippen LogP contribution in [-0.4, -0.2) is 21.2 Å². The van der Waals surface area contributed by atoms with Crippen LogP contribution in [0.4, 0.5) is 5.69 Å².